The summed E-state index contributed by atoms with van der Waals surface area (Å²) in [6.07, 6.45) is 4.18. The molecule has 1 saturated heterocycles. The van der Waals surface area contributed by atoms with Crippen molar-refractivity contribution in [1.29, 1.82) is 0 Å². The van der Waals surface area contributed by atoms with Gasteiger partial charge in [0.2, 0.25) is 15.9 Å². The number of benzene rings is 1. The molecule has 0 bridgehead atoms. The molecule has 1 amide bonds. The number of rotatable bonds is 3. The Bertz CT molecular complexity index is 678. The van der Waals surface area contributed by atoms with Crippen LogP contribution < -0.4 is 0 Å². The molecule has 0 aromatic heterocycles. The SMILES string of the molecule is O=C(C1CCCC1)N1CCN(S(=O)(=O)c2ccccc2Cl)CC1. The van der Waals surface area contributed by atoms with Crippen LogP contribution >= 0.6 is 11.6 Å². The van der Waals surface area contributed by atoms with Crippen LogP contribution in [0.25, 0.3) is 0 Å². The Kier molecular flexibility index (Phi) is 4.94. The van der Waals surface area contributed by atoms with Crippen molar-refractivity contribution in [3.05, 3.63) is 29.3 Å². The zero-order valence-electron chi connectivity index (χ0n) is 12.9. The quantitative estimate of drug-likeness (QED) is 0.835. The van der Waals surface area contributed by atoms with Crippen molar-refractivity contribution < 1.29 is 13.2 Å². The third kappa shape index (κ3) is 3.39. The summed E-state index contributed by atoms with van der Waals surface area (Å²) in [6.45, 7) is 1.57. The van der Waals surface area contributed by atoms with E-state index in [9.17, 15) is 13.2 Å². The molecule has 1 aromatic rings. The highest BCUT2D eigenvalue weighted by atomic mass is 35.5. The molecule has 1 aliphatic heterocycles. The second-order valence-corrected chi connectivity index (χ2v) is 8.45. The first kappa shape index (κ1) is 16.7. The second kappa shape index (κ2) is 6.79. The first-order chi connectivity index (χ1) is 11.0. The Morgan fingerprint density at radius 3 is 2.26 bits per heavy atom. The minimum absolute atomic E-state index is 0.136. The third-order valence-electron chi connectivity index (χ3n) is 4.71. The molecule has 0 unspecified atom stereocenters. The summed E-state index contributed by atoms with van der Waals surface area (Å²) in [4.78, 5) is 14.4. The molecule has 126 valence electrons. The number of sulfonamides is 1. The maximum Gasteiger partial charge on any atom is 0.244 e. The van der Waals surface area contributed by atoms with E-state index in [-0.39, 0.29) is 21.7 Å². The fourth-order valence-corrected chi connectivity index (χ4v) is 5.29. The number of hydrogen-bond acceptors (Lipinski definition) is 3. The van der Waals surface area contributed by atoms with Gasteiger partial charge in [0, 0.05) is 32.1 Å². The highest BCUT2D eigenvalue weighted by Crippen LogP contribution is 2.28. The largest absolute Gasteiger partial charge is 0.340 e. The molecule has 7 heteroatoms. The van der Waals surface area contributed by atoms with Crippen LogP contribution in [0.2, 0.25) is 5.02 Å². The van der Waals surface area contributed by atoms with Gasteiger partial charge >= 0.3 is 0 Å². The lowest BCUT2D eigenvalue weighted by Crippen LogP contribution is -2.51. The molecule has 5 nitrogen and oxygen atoms in total. The lowest BCUT2D eigenvalue weighted by Gasteiger charge is -2.35. The van der Waals surface area contributed by atoms with Crippen LogP contribution in [0, 0.1) is 5.92 Å². The molecule has 1 aliphatic carbocycles. The average molecular weight is 357 g/mol. The predicted octanol–water partition coefficient (Wildman–Crippen LogP) is 2.36. The lowest BCUT2D eigenvalue weighted by atomic mass is 10.1. The maximum atomic E-state index is 12.7. The fourth-order valence-electron chi connectivity index (χ4n) is 3.37. The summed E-state index contributed by atoms with van der Waals surface area (Å²) in [7, 11) is -3.60. The van der Waals surface area contributed by atoms with Gasteiger partial charge in [-0.15, -0.1) is 0 Å². The van der Waals surface area contributed by atoms with Crippen LogP contribution in [0.3, 0.4) is 0 Å². The van der Waals surface area contributed by atoms with Crippen LogP contribution in [0.15, 0.2) is 29.2 Å². The number of nitrogens with zero attached hydrogens (tertiary/aromatic N) is 2. The molecule has 1 saturated carbocycles. The van der Waals surface area contributed by atoms with Crippen LogP contribution in [-0.2, 0) is 14.8 Å². The molecule has 0 spiro atoms. The standard InChI is InChI=1S/C16H21ClN2O3S/c17-14-7-3-4-8-15(14)23(21,22)19-11-9-18(10-12-19)16(20)13-5-1-2-6-13/h3-4,7-8,13H,1-2,5-6,9-12H2. The summed E-state index contributed by atoms with van der Waals surface area (Å²) in [6, 6.07) is 6.47. The van der Waals surface area contributed by atoms with Gasteiger partial charge in [-0.2, -0.15) is 4.31 Å². The van der Waals surface area contributed by atoms with Crippen LogP contribution in [0.1, 0.15) is 25.7 Å². The smallest absolute Gasteiger partial charge is 0.244 e. The van der Waals surface area contributed by atoms with Crippen LogP contribution in [0.4, 0.5) is 0 Å². The van der Waals surface area contributed by atoms with E-state index in [2.05, 4.69) is 0 Å². The number of amides is 1. The number of halogens is 1. The highest BCUT2D eigenvalue weighted by molar-refractivity contribution is 7.89. The topological polar surface area (TPSA) is 57.7 Å². The molecule has 0 radical (unpaired) electrons. The highest BCUT2D eigenvalue weighted by Gasteiger charge is 2.33. The second-order valence-electron chi connectivity index (χ2n) is 6.14. The lowest BCUT2D eigenvalue weighted by molar-refractivity contribution is -0.136. The summed E-state index contributed by atoms with van der Waals surface area (Å²) >= 11 is 6.02. The van der Waals surface area contributed by atoms with Crippen LogP contribution in [0.5, 0.6) is 0 Å². The summed E-state index contributed by atoms with van der Waals surface area (Å²) in [5.41, 5.74) is 0. The van der Waals surface area contributed by atoms with E-state index in [1.165, 1.54) is 10.4 Å². The minimum atomic E-state index is -3.60. The monoisotopic (exact) mass is 356 g/mol. The zero-order chi connectivity index (χ0) is 16.4. The van der Waals surface area contributed by atoms with Gasteiger partial charge in [-0.1, -0.05) is 36.6 Å². The molecule has 0 atom stereocenters. The van der Waals surface area contributed by atoms with E-state index < -0.39 is 10.0 Å². The number of carbonyl (C=O) groups is 1. The Morgan fingerprint density at radius 1 is 1.04 bits per heavy atom. The molecular formula is C16H21ClN2O3S. The van der Waals surface area contributed by atoms with Gasteiger partial charge < -0.3 is 4.90 Å². The van der Waals surface area contributed by atoms with Gasteiger partial charge in [0.05, 0.1) is 5.02 Å². The van der Waals surface area contributed by atoms with Crippen molar-refractivity contribution in [2.75, 3.05) is 26.2 Å². The van der Waals surface area contributed by atoms with E-state index >= 15 is 0 Å². The summed E-state index contributed by atoms with van der Waals surface area (Å²) in [5.74, 6) is 0.332. The van der Waals surface area contributed by atoms with Crippen molar-refractivity contribution in [1.82, 2.24) is 9.21 Å². The van der Waals surface area contributed by atoms with Crippen molar-refractivity contribution in [3.8, 4) is 0 Å². The molecule has 2 aliphatic rings. The maximum absolute atomic E-state index is 12.7. The Hall–Kier alpha value is -1.11. The zero-order valence-corrected chi connectivity index (χ0v) is 14.5. The van der Waals surface area contributed by atoms with E-state index in [1.807, 2.05) is 4.90 Å². The molecule has 3 rings (SSSR count). The molecule has 1 heterocycles. The van der Waals surface area contributed by atoms with Crippen LogP contribution in [-0.4, -0.2) is 49.7 Å². The fraction of sp³-hybridized carbons (Fsp3) is 0.562. The van der Waals surface area contributed by atoms with Crippen molar-refractivity contribution in [2.24, 2.45) is 5.92 Å². The number of hydrogen-bond donors (Lipinski definition) is 0. The average Bonchev–Trinajstić information content (AvgIpc) is 3.09. The van der Waals surface area contributed by atoms with Gasteiger partial charge in [-0.25, -0.2) is 8.42 Å². The van der Waals surface area contributed by atoms with Crippen molar-refractivity contribution >= 4 is 27.5 Å². The van der Waals surface area contributed by atoms with Gasteiger partial charge in [-0.05, 0) is 25.0 Å². The van der Waals surface area contributed by atoms with E-state index in [1.54, 1.807) is 18.2 Å². The minimum Gasteiger partial charge on any atom is -0.340 e. The molecule has 23 heavy (non-hydrogen) atoms. The molecule has 0 N–H and O–H groups in total. The summed E-state index contributed by atoms with van der Waals surface area (Å²) < 4.78 is 26.8. The Morgan fingerprint density at radius 2 is 1.65 bits per heavy atom. The Labute approximate surface area is 142 Å². The van der Waals surface area contributed by atoms with E-state index in [4.69, 9.17) is 11.6 Å². The van der Waals surface area contributed by atoms with Crippen molar-refractivity contribution in [2.45, 2.75) is 30.6 Å². The predicted molar refractivity (Wildman–Crippen MR) is 88.7 cm³/mol. The Balaban J connectivity index is 1.66. The molecular weight excluding hydrogens is 336 g/mol. The van der Waals surface area contributed by atoms with Gasteiger partial charge in [0.1, 0.15) is 4.90 Å². The summed E-state index contributed by atoms with van der Waals surface area (Å²) in [5, 5.41) is 0.233. The number of piperazine rings is 1. The molecule has 2 fully saturated rings. The van der Waals surface area contributed by atoms with Crippen molar-refractivity contribution in [3.63, 3.8) is 0 Å². The third-order valence-corrected chi connectivity index (χ3v) is 7.11. The van der Waals surface area contributed by atoms with E-state index in [0.717, 1.165) is 25.7 Å². The van der Waals surface area contributed by atoms with Gasteiger partial charge in [0.15, 0.2) is 0 Å². The van der Waals surface area contributed by atoms with Gasteiger partial charge in [-0.3, -0.25) is 4.79 Å². The normalized spacial score (nSPS) is 20.8. The first-order valence-electron chi connectivity index (χ1n) is 8.03. The van der Waals surface area contributed by atoms with E-state index in [0.29, 0.717) is 26.2 Å². The van der Waals surface area contributed by atoms with Gasteiger partial charge in [0.25, 0.3) is 0 Å². The number of carbonyl (C=O) groups excluding carboxylic acids is 1. The molecule has 1 aromatic carbocycles. The first-order valence-corrected chi connectivity index (χ1v) is 9.85.